The summed E-state index contributed by atoms with van der Waals surface area (Å²) in [6.07, 6.45) is 6.17. The van der Waals surface area contributed by atoms with Gasteiger partial charge in [-0.05, 0) is 48.3 Å². The molecule has 1 heterocycles. The van der Waals surface area contributed by atoms with Gasteiger partial charge in [-0.2, -0.15) is 0 Å². The Kier molecular flexibility index (Phi) is 7.63. The fourth-order valence-electron chi connectivity index (χ4n) is 4.17. The van der Waals surface area contributed by atoms with Gasteiger partial charge in [-0.15, -0.1) is 24.5 Å². The van der Waals surface area contributed by atoms with Gasteiger partial charge in [0.2, 0.25) is 0 Å². The van der Waals surface area contributed by atoms with Gasteiger partial charge in [0.25, 0.3) is 11.8 Å². The minimum atomic E-state index is -0.311. The average molecular weight is 471 g/mol. The van der Waals surface area contributed by atoms with E-state index >= 15 is 0 Å². The van der Waals surface area contributed by atoms with E-state index in [0.717, 1.165) is 24.8 Å². The van der Waals surface area contributed by atoms with Crippen molar-refractivity contribution in [2.24, 2.45) is 11.3 Å². The molecule has 1 aromatic carbocycles. The molecule has 1 aliphatic rings. The molecule has 3 rings (SSSR count). The number of benzene rings is 1. The van der Waals surface area contributed by atoms with Crippen LogP contribution < -0.4 is 5.32 Å². The Morgan fingerprint density at radius 3 is 2.47 bits per heavy atom. The highest BCUT2D eigenvalue weighted by atomic mass is 35.5. The molecule has 0 saturated heterocycles. The van der Waals surface area contributed by atoms with Gasteiger partial charge in [0.05, 0.1) is 16.1 Å². The predicted octanol–water partition coefficient (Wildman–Crippen LogP) is 6.62. The van der Waals surface area contributed by atoms with Crippen LogP contribution in [0.4, 0.5) is 5.00 Å². The van der Waals surface area contributed by atoms with Crippen LogP contribution in [0, 0.1) is 11.3 Å². The van der Waals surface area contributed by atoms with Crippen LogP contribution in [0.1, 0.15) is 58.3 Å². The fraction of sp³-hybridized carbons (Fsp3) is 0.385. The number of nitrogens with zero attached hydrogens (tertiary/aromatic N) is 1. The zero-order valence-electron chi connectivity index (χ0n) is 19.0. The smallest absolute Gasteiger partial charge is 0.257 e. The van der Waals surface area contributed by atoms with Gasteiger partial charge in [0, 0.05) is 18.0 Å². The van der Waals surface area contributed by atoms with Gasteiger partial charge >= 0.3 is 0 Å². The molecule has 1 atom stereocenters. The topological polar surface area (TPSA) is 49.4 Å². The summed E-state index contributed by atoms with van der Waals surface area (Å²) in [7, 11) is 0. The van der Waals surface area contributed by atoms with Crippen LogP contribution in [0.15, 0.2) is 49.6 Å². The number of hydrogen-bond donors (Lipinski definition) is 1. The Hall–Kier alpha value is -2.37. The lowest BCUT2D eigenvalue weighted by molar-refractivity contribution is 0.0790. The minimum Gasteiger partial charge on any atom is -0.331 e. The molecule has 32 heavy (non-hydrogen) atoms. The van der Waals surface area contributed by atoms with Gasteiger partial charge < -0.3 is 10.2 Å². The summed E-state index contributed by atoms with van der Waals surface area (Å²) >= 11 is 7.75. The summed E-state index contributed by atoms with van der Waals surface area (Å²) in [6, 6.07) is 6.93. The first kappa shape index (κ1) is 24.3. The number of nitrogens with one attached hydrogen (secondary N) is 1. The van der Waals surface area contributed by atoms with Crippen molar-refractivity contribution in [2.75, 3.05) is 18.4 Å². The van der Waals surface area contributed by atoms with Crippen LogP contribution >= 0.6 is 22.9 Å². The van der Waals surface area contributed by atoms with E-state index in [1.165, 1.54) is 16.2 Å². The number of anilines is 1. The van der Waals surface area contributed by atoms with Gasteiger partial charge in [0.1, 0.15) is 5.00 Å². The van der Waals surface area contributed by atoms with Crippen molar-refractivity contribution in [1.82, 2.24) is 4.90 Å². The summed E-state index contributed by atoms with van der Waals surface area (Å²) in [4.78, 5) is 29.5. The van der Waals surface area contributed by atoms with Crippen molar-refractivity contribution in [2.45, 2.75) is 40.0 Å². The summed E-state index contributed by atoms with van der Waals surface area (Å²) in [6.45, 7) is 15.2. The van der Waals surface area contributed by atoms with Crippen LogP contribution in [0.2, 0.25) is 5.02 Å². The summed E-state index contributed by atoms with van der Waals surface area (Å²) in [5.41, 5.74) is 2.24. The van der Waals surface area contributed by atoms with Gasteiger partial charge in [-0.1, -0.05) is 56.7 Å². The molecule has 0 spiro atoms. The van der Waals surface area contributed by atoms with E-state index in [1.807, 2.05) is 0 Å². The standard InChI is InChI=1S/C26H31ClN2O2S/c1-6-14-29(15-7-2)25(31)22-19-13-12-17(26(3,4)5)16-21(19)32-24(22)28-23(30)18-10-8-9-11-20(18)27/h6-11,17H,1-2,12-16H2,3-5H3,(H,28,30). The molecule has 170 valence electrons. The second-order valence-electron chi connectivity index (χ2n) is 9.24. The van der Waals surface area contributed by atoms with Crippen LogP contribution in [0.5, 0.6) is 0 Å². The number of rotatable bonds is 7. The molecule has 1 N–H and O–H groups in total. The zero-order chi connectivity index (χ0) is 23.5. The van der Waals surface area contributed by atoms with Gasteiger partial charge in [-0.25, -0.2) is 0 Å². The Labute approximate surface area is 200 Å². The summed E-state index contributed by atoms with van der Waals surface area (Å²) in [5.74, 6) is 0.113. The first-order chi connectivity index (χ1) is 15.2. The van der Waals surface area contributed by atoms with Crippen LogP contribution in [0.25, 0.3) is 0 Å². The normalized spacial score (nSPS) is 15.6. The number of halogens is 1. The largest absolute Gasteiger partial charge is 0.331 e. The maximum atomic E-state index is 13.6. The second-order valence-corrected chi connectivity index (χ2v) is 10.7. The molecular weight excluding hydrogens is 440 g/mol. The number of amides is 2. The van der Waals surface area contributed by atoms with Crippen molar-refractivity contribution in [3.8, 4) is 0 Å². The lowest BCUT2D eigenvalue weighted by Gasteiger charge is -2.34. The monoisotopic (exact) mass is 470 g/mol. The fourth-order valence-corrected chi connectivity index (χ4v) is 5.70. The minimum absolute atomic E-state index is 0.106. The summed E-state index contributed by atoms with van der Waals surface area (Å²) in [5, 5.41) is 3.97. The van der Waals surface area contributed by atoms with Gasteiger partial charge in [-0.3, -0.25) is 9.59 Å². The number of carbonyl (C=O) groups excluding carboxylic acids is 2. The highest BCUT2D eigenvalue weighted by molar-refractivity contribution is 7.17. The van der Waals surface area contributed by atoms with Crippen LogP contribution in [-0.2, 0) is 12.8 Å². The van der Waals surface area contributed by atoms with Crippen LogP contribution in [0.3, 0.4) is 0 Å². The average Bonchev–Trinajstić information content (AvgIpc) is 3.09. The molecular formula is C26H31ClN2O2S. The zero-order valence-corrected chi connectivity index (χ0v) is 20.6. The predicted molar refractivity (Wildman–Crippen MR) is 135 cm³/mol. The lowest BCUT2D eigenvalue weighted by Crippen LogP contribution is -2.33. The molecule has 0 radical (unpaired) electrons. The van der Waals surface area contributed by atoms with Crippen molar-refractivity contribution in [3.05, 3.63) is 76.2 Å². The van der Waals surface area contributed by atoms with E-state index < -0.39 is 0 Å². The quantitative estimate of drug-likeness (QED) is 0.462. The van der Waals surface area contributed by atoms with E-state index in [-0.39, 0.29) is 17.2 Å². The lowest BCUT2D eigenvalue weighted by atomic mass is 9.72. The maximum absolute atomic E-state index is 13.6. The molecule has 1 aliphatic carbocycles. The van der Waals surface area contributed by atoms with Crippen molar-refractivity contribution < 1.29 is 9.59 Å². The number of fused-ring (bicyclic) bond motifs is 1. The molecule has 1 aromatic heterocycles. The Bertz CT molecular complexity index is 1020. The van der Waals surface area contributed by atoms with Crippen molar-refractivity contribution in [3.63, 3.8) is 0 Å². The first-order valence-corrected chi connectivity index (χ1v) is 12.1. The molecule has 6 heteroatoms. The Balaban J connectivity index is 2.03. The SMILES string of the molecule is C=CCN(CC=C)C(=O)c1c(NC(=O)c2ccccc2Cl)sc2c1CCC(C(C)(C)C)C2. The van der Waals surface area contributed by atoms with Gasteiger partial charge in [0.15, 0.2) is 0 Å². The number of hydrogen-bond acceptors (Lipinski definition) is 3. The molecule has 2 amide bonds. The van der Waals surface area contributed by atoms with E-state index in [1.54, 1.807) is 41.3 Å². The molecule has 2 aromatic rings. The summed E-state index contributed by atoms with van der Waals surface area (Å²) < 4.78 is 0. The highest BCUT2D eigenvalue weighted by Gasteiger charge is 2.35. The maximum Gasteiger partial charge on any atom is 0.257 e. The second kappa shape index (κ2) is 10.1. The van der Waals surface area contributed by atoms with E-state index in [9.17, 15) is 9.59 Å². The van der Waals surface area contributed by atoms with E-state index in [0.29, 0.717) is 40.2 Å². The highest BCUT2D eigenvalue weighted by Crippen LogP contribution is 2.44. The Morgan fingerprint density at radius 1 is 1.22 bits per heavy atom. The molecule has 0 bridgehead atoms. The molecule has 1 unspecified atom stereocenters. The van der Waals surface area contributed by atoms with E-state index in [2.05, 4.69) is 39.2 Å². The van der Waals surface area contributed by atoms with Crippen LogP contribution in [-0.4, -0.2) is 29.8 Å². The third-order valence-corrected chi connectivity index (χ3v) is 7.53. The third-order valence-electron chi connectivity index (χ3n) is 6.04. The molecule has 0 fully saturated rings. The first-order valence-electron chi connectivity index (χ1n) is 10.9. The van der Waals surface area contributed by atoms with Crippen molar-refractivity contribution >= 4 is 39.8 Å². The van der Waals surface area contributed by atoms with Crippen molar-refractivity contribution in [1.29, 1.82) is 0 Å². The third kappa shape index (κ3) is 5.16. The van der Waals surface area contributed by atoms with E-state index in [4.69, 9.17) is 11.6 Å². The number of thiophene rings is 1. The molecule has 0 aliphatic heterocycles. The molecule has 4 nitrogen and oxygen atoms in total. The molecule has 0 saturated carbocycles. The number of carbonyl (C=O) groups is 2. The Morgan fingerprint density at radius 2 is 1.88 bits per heavy atom.